The van der Waals surface area contributed by atoms with Crippen LogP contribution in [-0.4, -0.2) is 195 Å². The minimum Gasteiger partial charge on any atom is -1.00 e. The number of piperidine rings is 3. The van der Waals surface area contributed by atoms with Gasteiger partial charge in [0.1, 0.15) is 17.3 Å². The van der Waals surface area contributed by atoms with E-state index in [-0.39, 0.29) is 64.8 Å². The van der Waals surface area contributed by atoms with Gasteiger partial charge in [-0.1, -0.05) is 95.8 Å². The first-order chi connectivity index (χ1) is 51.5. The molecular formula is C97H160I2N6O6. The van der Waals surface area contributed by atoms with Crippen LogP contribution in [0.1, 0.15) is 283 Å². The van der Waals surface area contributed by atoms with Crippen LogP contribution in [0.4, 0.5) is 0 Å². The SMILES string of the molecule is CC1=C2C[C@H]3[C@@H](CC[C@@H]4CC(=O)CC[C@@]43C)[C@@H]2CC[C@@]2(C1)O[C@@H]1C[C@H](C)CN(C(C)C[N+](C)(C)C)[C@H]1[C@H]2C.CC1=C2C[C@H]3[C@@H](CC[C@@H]4CC(=O)CC[C@@]43C)[C@@H]2CC[C@@]2(C1)O[C@@H]1C[C@H](C)CN(CCN)[C@H]1[C@H]2C.CC1=C2C[C@H]3[C@@H](CC[C@@H]4CC(=O)CC[C@@]43C)[C@@H]2CC[C@@]2(C1)O[C@@H]1C[C@H](C)CN(CC[N+](C)(C)C)[C@H]1[C@H]2C.[I-].[I-]. The molecule has 9 saturated carbocycles. The van der Waals surface area contributed by atoms with E-state index in [0.717, 1.165) is 158 Å². The summed E-state index contributed by atoms with van der Waals surface area (Å²) in [5.74, 6) is 14.6. The third kappa shape index (κ3) is 15.6. The molecule has 15 fully saturated rings. The highest BCUT2D eigenvalue weighted by molar-refractivity contribution is 5.80. The lowest BCUT2D eigenvalue weighted by Crippen LogP contribution is -3.00. The molecule has 0 radical (unpaired) electrons. The van der Waals surface area contributed by atoms with Crippen molar-refractivity contribution in [3.8, 4) is 0 Å². The van der Waals surface area contributed by atoms with Gasteiger partial charge in [-0.15, -0.1) is 0 Å². The minimum absolute atomic E-state index is 0. The number of halogens is 2. The fourth-order valence-corrected chi connectivity index (χ4v) is 32.4. The summed E-state index contributed by atoms with van der Waals surface area (Å²) in [5, 5.41) is 0. The highest BCUT2D eigenvalue weighted by Crippen LogP contribution is 2.70. The zero-order chi connectivity index (χ0) is 77.4. The molecule has 31 atom stereocenters. The average molecular weight is 1760 g/mol. The summed E-state index contributed by atoms with van der Waals surface area (Å²) in [6.07, 6.45) is 36.3. The van der Waals surface area contributed by atoms with Crippen molar-refractivity contribution in [3.05, 3.63) is 33.4 Å². The number of likely N-dealkylation sites (N-methyl/N-ethyl adjacent to an activating group) is 2. The maximum Gasteiger partial charge on any atom is 0.133 e. The van der Waals surface area contributed by atoms with Gasteiger partial charge in [-0.05, 0) is 287 Å². The Labute approximate surface area is 710 Å². The Bertz CT molecular complexity index is 3520. The molecule has 0 amide bonds. The molecule has 0 aromatic heterocycles. The number of nitrogens with two attached hydrogens (primary N) is 1. The van der Waals surface area contributed by atoms with Crippen LogP contribution in [0.15, 0.2) is 33.4 Å². The number of Topliss-reactive ketones (excluding diaryl/α,β-unsaturated/α-hetero) is 3. The first-order valence-electron chi connectivity index (χ1n) is 46.7. The number of allylic oxidation sites excluding steroid dienone is 3. The minimum atomic E-state index is 0. The van der Waals surface area contributed by atoms with E-state index in [1.54, 1.807) is 16.7 Å². The zero-order valence-corrected chi connectivity index (χ0v) is 78.1. The summed E-state index contributed by atoms with van der Waals surface area (Å²) in [5.41, 5.74) is 17.7. The molecule has 6 heterocycles. The van der Waals surface area contributed by atoms with E-state index < -0.39 is 0 Å². The third-order valence-corrected chi connectivity index (χ3v) is 37.8. The number of carbonyl (C=O) groups excluding carboxylic acids is 3. The second-order valence-corrected chi connectivity index (χ2v) is 46.2. The van der Waals surface area contributed by atoms with Crippen LogP contribution in [-0.2, 0) is 28.6 Å². The predicted octanol–water partition coefficient (Wildman–Crippen LogP) is 11.9. The molecule has 18 rings (SSSR count). The maximum atomic E-state index is 12.3. The Hall–Kier alpha value is -0.670. The first-order valence-corrected chi connectivity index (χ1v) is 46.7. The lowest BCUT2D eigenvalue weighted by atomic mass is 9.52. The van der Waals surface area contributed by atoms with E-state index in [0.29, 0.717) is 123 Å². The summed E-state index contributed by atoms with van der Waals surface area (Å²) >= 11 is 0. The number of fused-ring (bicyclic) bond motifs is 18. The van der Waals surface area contributed by atoms with E-state index >= 15 is 0 Å². The molecule has 111 heavy (non-hydrogen) atoms. The molecule has 12 aliphatic carbocycles. The van der Waals surface area contributed by atoms with Gasteiger partial charge >= 0.3 is 0 Å². The fourth-order valence-electron chi connectivity index (χ4n) is 32.4. The maximum absolute atomic E-state index is 12.3. The molecule has 628 valence electrons. The number of nitrogens with zero attached hydrogens (tertiary/aromatic N) is 5. The number of hydrogen-bond donors (Lipinski definition) is 1. The second kappa shape index (κ2) is 32.3. The van der Waals surface area contributed by atoms with Crippen LogP contribution in [0.25, 0.3) is 0 Å². The number of carbonyl (C=O) groups is 3. The Balaban J connectivity index is 0.000000137. The van der Waals surface area contributed by atoms with E-state index in [4.69, 9.17) is 19.9 Å². The van der Waals surface area contributed by atoms with E-state index in [1.807, 2.05) is 16.7 Å². The largest absolute Gasteiger partial charge is 1.00 e. The summed E-state index contributed by atoms with van der Waals surface area (Å²) in [4.78, 5) is 45.2. The molecule has 2 N–H and O–H groups in total. The lowest BCUT2D eigenvalue weighted by molar-refractivity contribution is -0.872. The highest BCUT2D eigenvalue weighted by Gasteiger charge is 2.66. The van der Waals surface area contributed by atoms with Gasteiger partial charge in [0.25, 0.3) is 0 Å². The third-order valence-electron chi connectivity index (χ3n) is 37.8. The van der Waals surface area contributed by atoms with Crippen molar-refractivity contribution >= 4 is 17.3 Å². The molecule has 0 aromatic rings. The smallest absolute Gasteiger partial charge is 0.133 e. The number of likely N-dealkylation sites (tertiary alicyclic amines) is 3. The molecule has 1 unspecified atom stereocenters. The Kier molecular flexibility index (Phi) is 25.2. The van der Waals surface area contributed by atoms with Crippen LogP contribution in [0.5, 0.6) is 0 Å². The van der Waals surface area contributed by atoms with Gasteiger partial charge in [-0.2, -0.15) is 0 Å². The van der Waals surface area contributed by atoms with Gasteiger partial charge in [0.2, 0.25) is 0 Å². The number of rotatable bonds is 8. The number of ketones is 3. The molecule has 12 nitrogen and oxygen atoms in total. The normalized spacial score (nSPS) is 48.4. The van der Waals surface area contributed by atoms with Crippen molar-refractivity contribution in [2.45, 2.75) is 342 Å². The highest BCUT2D eigenvalue weighted by atomic mass is 127. The van der Waals surface area contributed by atoms with Gasteiger partial charge in [0.05, 0.1) is 96.5 Å². The Morgan fingerprint density at radius 2 is 0.775 bits per heavy atom. The van der Waals surface area contributed by atoms with Crippen LogP contribution < -0.4 is 53.7 Å². The average Bonchev–Trinajstić information content (AvgIpc) is 1.58. The molecule has 0 bridgehead atoms. The monoisotopic (exact) mass is 1760 g/mol. The van der Waals surface area contributed by atoms with Crippen molar-refractivity contribution in [1.82, 2.24) is 14.7 Å². The van der Waals surface area contributed by atoms with E-state index in [1.165, 1.54) is 155 Å². The topological polar surface area (TPSA) is 115 Å². The van der Waals surface area contributed by atoms with Crippen molar-refractivity contribution in [1.29, 1.82) is 0 Å². The summed E-state index contributed by atoms with van der Waals surface area (Å²) in [7, 11) is 14.0. The Morgan fingerprint density at radius 3 is 1.12 bits per heavy atom. The molecule has 14 heteroatoms. The summed E-state index contributed by atoms with van der Waals surface area (Å²) < 4.78 is 23.9. The molecule has 0 aromatic carbocycles. The van der Waals surface area contributed by atoms with Crippen LogP contribution in [0.3, 0.4) is 0 Å². The van der Waals surface area contributed by atoms with Crippen LogP contribution in [0, 0.1) is 123 Å². The summed E-state index contributed by atoms with van der Waals surface area (Å²) in [6.45, 7) is 41.4. The van der Waals surface area contributed by atoms with E-state index in [9.17, 15) is 14.4 Å². The van der Waals surface area contributed by atoms with Gasteiger partial charge < -0.3 is 76.9 Å². The number of hydrogen-bond acceptors (Lipinski definition) is 10. The fraction of sp³-hybridized carbons (Fsp3) is 0.907. The standard InChI is InChI=1S/C34H57N2O2.C33H55N2O2.C30H48N2O2.2HI/c1-21-15-31-32(35(19-21)23(3)20-36(6,7)8)24(4)34(38-31)14-12-27-28-10-9-25-16-26(37)11-13-33(25,5)30(28)17-29(27)22(2)18-34;1-21-16-30-31(34(20-21)14-15-35(5,6)7)23(3)33(37-30)13-11-26-27-9-8-24-17-25(36)10-12-32(24,4)29(27)18-28(26)22(2)19-33;1-18-13-27-28(32(17-18)12-11-31)20(3)30(34-27)10-8-23-24-6-5-21-14-22(33)7-9-29(21,4)26(24)15-25(23)19(2)16-30;;/h21,23-25,27-28,30-32H,9-20H2,1-8H3;21,23-24,26-27,29-31H,8-20H2,1-7H3;18,20-21,23-24,26-28H,5-17,31H2,1-4H3;2*1H/q2*+1;;;/p-2/t21-,23?,24+,25+,27-,28-,30-,31+,32-,33-,34-;21-,23+,24+,26-,27-,29-,30+,31-,32-,33-;18-,20+,21+,23-,24-,26-,27+,28-,29-,30-;;/m000../s1. The molecule has 6 saturated heterocycles. The summed E-state index contributed by atoms with van der Waals surface area (Å²) in [6, 6.07) is 2.26. The van der Waals surface area contributed by atoms with Crippen molar-refractivity contribution in [2.75, 3.05) is 94.6 Å². The molecule has 3 spiro atoms. The first kappa shape index (κ1) is 86.7. The van der Waals surface area contributed by atoms with Crippen molar-refractivity contribution in [3.63, 3.8) is 0 Å². The van der Waals surface area contributed by atoms with Crippen molar-refractivity contribution < 1.29 is 85.5 Å². The molecule has 18 aliphatic rings. The Morgan fingerprint density at radius 1 is 0.441 bits per heavy atom. The van der Waals surface area contributed by atoms with Gasteiger partial charge in [0.15, 0.2) is 0 Å². The number of ether oxygens (including phenoxy) is 3. The van der Waals surface area contributed by atoms with Crippen LogP contribution >= 0.6 is 0 Å². The second-order valence-electron chi connectivity index (χ2n) is 46.2. The zero-order valence-electron chi connectivity index (χ0n) is 73.8. The molecule has 6 aliphatic heterocycles. The van der Waals surface area contributed by atoms with Crippen molar-refractivity contribution in [2.24, 2.45) is 129 Å². The lowest BCUT2D eigenvalue weighted by Gasteiger charge is -2.52. The van der Waals surface area contributed by atoms with Gasteiger partial charge in [0, 0.05) is 114 Å². The quantitative estimate of drug-likeness (QED) is 0.143. The van der Waals surface area contributed by atoms with Crippen LogP contribution in [0.2, 0.25) is 0 Å². The van der Waals surface area contributed by atoms with E-state index in [2.05, 4.69) is 147 Å². The number of quaternary nitrogens is 2. The molecular weight excluding hydrogens is 1600 g/mol. The van der Waals surface area contributed by atoms with Gasteiger partial charge in [-0.25, -0.2) is 0 Å². The van der Waals surface area contributed by atoms with Gasteiger partial charge in [-0.3, -0.25) is 29.1 Å². The predicted molar refractivity (Wildman–Crippen MR) is 441 cm³/mol.